The van der Waals surface area contributed by atoms with E-state index in [9.17, 15) is 9.90 Å². The second kappa shape index (κ2) is 5.69. The lowest BCUT2D eigenvalue weighted by Crippen LogP contribution is -2.45. The fraction of sp³-hybridized carbons (Fsp3) is 0.714. The minimum atomic E-state index is -0.0531. The number of carbonyl (C=O) groups is 1. The van der Waals surface area contributed by atoms with Gasteiger partial charge in [-0.25, -0.2) is 4.98 Å². The van der Waals surface area contributed by atoms with Crippen molar-refractivity contribution in [2.24, 2.45) is 17.8 Å². The van der Waals surface area contributed by atoms with Crippen LogP contribution in [0.5, 0.6) is 0 Å². The zero-order valence-electron chi connectivity index (χ0n) is 11.6. The molecule has 1 aromatic rings. The average Bonchev–Trinajstić information content (AvgIpc) is 3.13. The van der Waals surface area contributed by atoms with E-state index in [1.165, 1.54) is 24.2 Å². The number of rotatable bonds is 5. The summed E-state index contributed by atoms with van der Waals surface area (Å²) in [6.45, 7) is 2.98. The smallest absolute Gasteiger partial charge is 0.263 e. The summed E-state index contributed by atoms with van der Waals surface area (Å²) in [5.74, 6) is 1.32. The van der Waals surface area contributed by atoms with Crippen LogP contribution in [-0.4, -0.2) is 35.2 Å². The second-order valence-electron chi connectivity index (χ2n) is 5.74. The summed E-state index contributed by atoms with van der Waals surface area (Å²) in [4.78, 5) is 17.1. The van der Waals surface area contributed by atoms with Crippen molar-refractivity contribution in [3.63, 3.8) is 0 Å². The maximum absolute atomic E-state index is 12.3. The predicted molar refractivity (Wildman–Crippen MR) is 78.9 cm³/mol. The van der Waals surface area contributed by atoms with E-state index in [0.29, 0.717) is 16.7 Å². The van der Waals surface area contributed by atoms with E-state index < -0.39 is 0 Å². The Balaban J connectivity index is 1.66. The lowest BCUT2D eigenvalue weighted by atomic mass is 9.85. The highest BCUT2D eigenvalue weighted by atomic mass is 32.1. The number of aliphatic hydroxyl groups excluding tert-OH is 1. The molecule has 2 aliphatic rings. The van der Waals surface area contributed by atoms with Crippen molar-refractivity contribution in [2.45, 2.75) is 32.2 Å². The van der Waals surface area contributed by atoms with Gasteiger partial charge in [-0.05, 0) is 38.0 Å². The molecule has 20 heavy (non-hydrogen) atoms. The minimum absolute atomic E-state index is 0.0531. The Morgan fingerprint density at radius 2 is 2.30 bits per heavy atom. The number of amides is 1. The van der Waals surface area contributed by atoms with E-state index in [1.807, 2.05) is 6.92 Å². The van der Waals surface area contributed by atoms with E-state index >= 15 is 0 Å². The number of nitrogens with one attached hydrogen (secondary N) is 2. The first-order valence-corrected chi connectivity index (χ1v) is 8.16. The van der Waals surface area contributed by atoms with Gasteiger partial charge in [-0.2, -0.15) is 0 Å². The Morgan fingerprint density at radius 1 is 1.50 bits per heavy atom. The molecule has 5 nitrogen and oxygen atoms in total. The highest BCUT2D eigenvalue weighted by molar-refractivity contribution is 7.17. The highest BCUT2D eigenvalue weighted by Gasteiger charge is 2.47. The van der Waals surface area contributed by atoms with Crippen molar-refractivity contribution in [3.05, 3.63) is 11.1 Å². The van der Waals surface area contributed by atoms with Crippen LogP contribution in [0.1, 0.15) is 35.9 Å². The molecule has 3 rings (SSSR count). The summed E-state index contributed by atoms with van der Waals surface area (Å²) in [7, 11) is 0. The molecule has 0 unspecified atom stereocenters. The van der Waals surface area contributed by atoms with Crippen LogP contribution in [0.4, 0.5) is 5.13 Å². The Kier molecular flexibility index (Phi) is 3.94. The van der Waals surface area contributed by atoms with Crippen LogP contribution in [0.2, 0.25) is 0 Å². The number of hydrogen-bond acceptors (Lipinski definition) is 5. The van der Waals surface area contributed by atoms with Gasteiger partial charge < -0.3 is 15.7 Å². The first kappa shape index (κ1) is 13.8. The normalized spacial score (nSPS) is 31.5. The maximum atomic E-state index is 12.3. The van der Waals surface area contributed by atoms with Crippen molar-refractivity contribution in [1.82, 2.24) is 10.3 Å². The number of fused-ring (bicyclic) bond motifs is 2. The summed E-state index contributed by atoms with van der Waals surface area (Å²) in [5, 5.41) is 16.6. The van der Waals surface area contributed by atoms with Gasteiger partial charge in [-0.3, -0.25) is 4.79 Å². The molecule has 1 amide bonds. The van der Waals surface area contributed by atoms with Crippen molar-refractivity contribution in [2.75, 3.05) is 18.5 Å². The number of aliphatic hydroxyl groups is 1. The van der Waals surface area contributed by atoms with Gasteiger partial charge in [0.1, 0.15) is 4.88 Å². The Morgan fingerprint density at radius 3 is 3.05 bits per heavy atom. The molecular formula is C14H21N3O2S. The average molecular weight is 295 g/mol. The van der Waals surface area contributed by atoms with Crippen LogP contribution >= 0.6 is 11.3 Å². The molecule has 2 aliphatic carbocycles. The molecule has 2 bridgehead atoms. The standard InChI is InChI=1S/C14H21N3O2S/c1-2-15-14-16-6-11(20-14)13(19)17-12-9-4-3-8(5-9)10(12)7-18/h6,8-10,12,18H,2-5,7H2,1H3,(H,15,16)(H,17,19)/t8-,9-,10-,12+/m0/s1. The zero-order chi connectivity index (χ0) is 14.1. The predicted octanol–water partition coefficient (Wildman–Crippen LogP) is 1.71. The Hall–Kier alpha value is -1.14. The largest absolute Gasteiger partial charge is 0.396 e. The first-order valence-electron chi connectivity index (χ1n) is 7.34. The van der Waals surface area contributed by atoms with Gasteiger partial charge in [-0.1, -0.05) is 11.3 Å². The second-order valence-corrected chi connectivity index (χ2v) is 6.77. The molecule has 0 aromatic carbocycles. The molecule has 110 valence electrons. The molecule has 1 aromatic heterocycles. The lowest BCUT2D eigenvalue weighted by Gasteiger charge is -2.30. The number of aromatic nitrogens is 1. The van der Waals surface area contributed by atoms with Crippen LogP contribution in [0.25, 0.3) is 0 Å². The number of thiazole rings is 1. The number of hydrogen-bond donors (Lipinski definition) is 3. The van der Waals surface area contributed by atoms with Gasteiger partial charge in [0.05, 0.1) is 6.20 Å². The number of nitrogens with zero attached hydrogens (tertiary/aromatic N) is 1. The summed E-state index contributed by atoms with van der Waals surface area (Å²) >= 11 is 1.38. The van der Waals surface area contributed by atoms with Crippen molar-refractivity contribution < 1.29 is 9.90 Å². The van der Waals surface area contributed by atoms with Crippen LogP contribution in [0.3, 0.4) is 0 Å². The molecule has 0 saturated heterocycles. The third-order valence-electron chi connectivity index (χ3n) is 4.65. The van der Waals surface area contributed by atoms with Crippen molar-refractivity contribution in [3.8, 4) is 0 Å². The molecule has 0 aliphatic heterocycles. The summed E-state index contributed by atoms with van der Waals surface area (Å²) < 4.78 is 0. The van der Waals surface area contributed by atoms with Gasteiger partial charge in [0.2, 0.25) is 0 Å². The third-order valence-corrected chi connectivity index (χ3v) is 5.61. The molecule has 6 heteroatoms. The van der Waals surface area contributed by atoms with Crippen molar-refractivity contribution in [1.29, 1.82) is 0 Å². The lowest BCUT2D eigenvalue weighted by molar-refractivity contribution is 0.0865. The first-order chi connectivity index (χ1) is 9.72. The van der Waals surface area contributed by atoms with Crippen LogP contribution in [0.15, 0.2) is 6.20 Å². The minimum Gasteiger partial charge on any atom is -0.396 e. The van der Waals surface area contributed by atoms with Gasteiger partial charge >= 0.3 is 0 Å². The number of anilines is 1. The molecule has 1 heterocycles. The summed E-state index contributed by atoms with van der Waals surface area (Å²) in [5.41, 5.74) is 0. The fourth-order valence-electron chi connectivity index (χ4n) is 3.73. The van der Waals surface area contributed by atoms with Crippen LogP contribution in [-0.2, 0) is 0 Å². The van der Waals surface area contributed by atoms with Crippen LogP contribution < -0.4 is 10.6 Å². The molecule has 3 N–H and O–H groups in total. The fourth-order valence-corrected chi connectivity index (χ4v) is 4.52. The molecule has 4 atom stereocenters. The SMILES string of the molecule is CCNc1ncc(C(=O)N[C@@H]2[C@H]3CC[C@@H](C3)[C@@H]2CO)s1. The maximum Gasteiger partial charge on any atom is 0.263 e. The zero-order valence-corrected chi connectivity index (χ0v) is 12.4. The molecule has 0 radical (unpaired) electrons. The Labute approximate surface area is 122 Å². The van der Waals surface area contributed by atoms with Gasteiger partial charge in [0.25, 0.3) is 5.91 Å². The molecular weight excluding hydrogens is 274 g/mol. The van der Waals surface area contributed by atoms with Gasteiger partial charge in [0, 0.05) is 25.1 Å². The summed E-state index contributed by atoms with van der Waals surface area (Å²) in [6.07, 6.45) is 5.16. The Bertz CT molecular complexity index is 491. The van der Waals surface area contributed by atoms with Crippen molar-refractivity contribution >= 4 is 22.4 Å². The highest BCUT2D eigenvalue weighted by Crippen LogP contribution is 2.48. The molecule has 0 spiro atoms. The molecule has 2 fully saturated rings. The quantitative estimate of drug-likeness (QED) is 0.773. The molecule has 2 saturated carbocycles. The van der Waals surface area contributed by atoms with E-state index in [4.69, 9.17) is 0 Å². The topological polar surface area (TPSA) is 74.2 Å². The van der Waals surface area contributed by atoms with E-state index in [0.717, 1.165) is 18.1 Å². The van der Waals surface area contributed by atoms with E-state index in [1.54, 1.807) is 6.20 Å². The third kappa shape index (κ3) is 2.42. The number of carbonyl (C=O) groups excluding carboxylic acids is 1. The van der Waals surface area contributed by atoms with Crippen LogP contribution in [0, 0.1) is 17.8 Å². The van der Waals surface area contributed by atoms with Gasteiger partial charge in [-0.15, -0.1) is 0 Å². The van der Waals surface area contributed by atoms with E-state index in [-0.39, 0.29) is 24.5 Å². The summed E-state index contributed by atoms with van der Waals surface area (Å²) in [6, 6.07) is 0.135. The van der Waals surface area contributed by atoms with E-state index in [2.05, 4.69) is 15.6 Å². The monoisotopic (exact) mass is 295 g/mol. The van der Waals surface area contributed by atoms with Gasteiger partial charge in [0.15, 0.2) is 5.13 Å².